The van der Waals surface area contributed by atoms with E-state index >= 15 is 0 Å². The van der Waals surface area contributed by atoms with E-state index in [1.165, 1.54) is 12.1 Å². The van der Waals surface area contributed by atoms with E-state index in [2.05, 4.69) is 9.98 Å². The minimum absolute atomic E-state index is 0.388. The summed E-state index contributed by atoms with van der Waals surface area (Å²) >= 11 is 0. The Labute approximate surface area is 175 Å². The average molecular weight is 409 g/mol. The van der Waals surface area contributed by atoms with Gasteiger partial charge in [0, 0.05) is 25.2 Å². The molecule has 0 saturated carbocycles. The second kappa shape index (κ2) is 9.48. The molecule has 156 valence electrons. The Balaban J connectivity index is 2.02. The van der Waals surface area contributed by atoms with Crippen LogP contribution in [0.5, 0.6) is 5.88 Å². The minimum atomic E-state index is -0.641. The summed E-state index contributed by atoms with van der Waals surface area (Å²) < 4.78 is 33.3. The molecule has 4 nitrogen and oxygen atoms in total. The van der Waals surface area contributed by atoms with E-state index in [0.717, 1.165) is 29.4 Å². The molecule has 0 bridgehead atoms. The van der Waals surface area contributed by atoms with Crippen LogP contribution in [-0.2, 0) is 0 Å². The molecule has 0 radical (unpaired) electrons. The quantitative estimate of drug-likeness (QED) is 0.350. The predicted molar refractivity (Wildman–Crippen MR) is 116 cm³/mol. The maximum absolute atomic E-state index is 13.6. The van der Waals surface area contributed by atoms with Gasteiger partial charge in [-0.1, -0.05) is 30.3 Å². The summed E-state index contributed by atoms with van der Waals surface area (Å²) in [4.78, 5) is 11.1. The highest BCUT2D eigenvalue weighted by molar-refractivity contribution is 5.74. The number of hydrogen-bond donors (Lipinski definition) is 0. The van der Waals surface area contributed by atoms with Crippen LogP contribution < -0.4 is 4.74 Å². The fraction of sp³-hybridized carbons (Fsp3) is 0.250. The Bertz CT molecular complexity index is 1020. The molecule has 1 heterocycles. The number of halogens is 2. The second-order valence-corrected chi connectivity index (χ2v) is 7.09. The van der Waals surface area contributed by atoms with E-state index in [-0.39, 0.29) is 0 Å². The number of nitrogens with zero attached hydrogens (tertiary/aromatic N) is 3. The first-order valence-electron chi connectivity index (χ1n) is 9.81. The van der Waals surface area contributed by atoms with Gasteiger partial charge < -0.3 is 9.64 Å². The number of aromatic nitrogens is 1. The normalized spacial score (nSPS) is 12.2. The van der Waals surface area contributed by atoms with Crippen LogP contribution in [0.3, 0.4) is 0 Å². The van der Waals surface area contributed by atoms with E-state index in [1.54, 1.807) is 13.3 Å². The van der Waals surface area contributed by atoms with Gasteiger partial charge in [0.2, 0.25) is 5.88 Å². The van der Waals surface area contributed by atoms with E-state index in [4.69, 9.17) is 4.74 Å². The summed E-state index contributed by atoms with van der Waals surface area (Å²) in [6.45, 7) is 6.47. The van der Waals surface area contributed by atoms with Gasteiger partial charge in [-0.25, -0.2) is 18.8 Å². The van der Waals surface area contributed by atoms with Crippen LogP contribution in [0.15, 0.2) is 59.6 Å². The van der Waals surface area contributed by atoms with Crippen LogP contribution >= 0.6 is 0 Å². The molecular formula is C24H25F2N3O. The van der Waals surface area contributed by atoms with Crippen molar-refractivity contribution in [1.82, 2.24) is 9.88 Å². The van der Waals surface area contributed by atoms with Gasteiger partial charge in [-0.3, -0.25) is 0 Å². The first-order chi connectivity index (χ1) is 14.4. The Morgan fingerprint density at radius 1 is 1.10 bits per heavy atom. The maximum Gasteiger partial charge on any atom is 0.222 e. The summed E-state index contributed by atoms with van der Waals surface area (Å²) in [6.07, 6.45) is 1.17. The highest BCUT2D eigenvalue weighted by atomic mass is 19.1. The van der Waals surface area contributed by atoms with Gasteiger partial charge in [-0.05, 0) is 50.1 Å². The Kier molecular flexibility index (Phi) is 6.77. The molecule has 6 heteroatoms. The lowest BCUT2D eigenvalue weighted by molar-refractivity contribution is 0.217. The Morgan fingerprint density at radius 2 is 1.77 bits per heavy atom. The van der Waals surface area contributed by atoms with Crippen molar-refractivity contribution in [2.24, 2.45) is 4.99 Å². The molecule has 3 aromatic rings. The summed E-state index contributed by atoms with van der Waals surface area (Å²) in [6, 6.07) is 15.0. The number of hydrogen-bond acceptors (Lipinski definition) is 3. The van der Waals surface area contributed by atoms with Crippen LogP contribution in [0.2, 0.25) is 0 Å². The molecule has 1 atom stereocenters. The average Bonchev–Trinajstić information content (AvgIpc) is 2.72. The van der Waals surface area contributed by atoms with Crippen LogP contribution in [0.1, 0.15) is 31.2 Å². The van der Waals surface area contributed by atoms with E-state index in [9.17, 15) is 8.78 Å². The molecule has 0 saturated heterocycles. The summed E-state index contributed by atoms with van der Waals surface area (Å²) in [7, 11) is 1.95. The lowest BCUT2D eigenvalue weighted by Gasteiger charge is -2.19. The summed E-state index contributed by atoms with van der Waals surface area (Å²) in [5.41, 5.74) is 3.50. The van der Waals surface area contributed by atoms with Crippen LogP contribution in [-0.4, -0.2) is 29.8 Å². The van der Waals surface area contributed by atoms with Crippen LogP contribution in [0, 0.1) is 18.6 Å². The number of ether oxygens (including phenoxy) is 1. The fourth-order valence-electron chi connectivity index (χ4n) is 2.91. The van der Waals surface area contributed by atoms with Gasteiger partial charge in [-0.15, -0.1) is 0 Å². The third-order valence-electron chi connectivity index (χ3n) is 4.77. The standard InChI is InChI=1S/C24H25F2N3O/c1-5-29(4)15-27-23-14-22(18-9-7-6-8-10-18)24(28-16(23)2)30-17(3)19-11-20(25)13-21(26)12-19/h6-15,17H,5H2,1-4H3/b27-15+. The SMILES string of the molecule is CCN(C)/C=N/c1cc(-c2ccccc2)c(OC(C)c2cc(F)cc(F)c2)nc1C. The van der Waals surface area contributed by atoms with Crippen molar-refractivity contribution in [2.45, 2.75) is 26.9 Å². The zero-order valence-electron chi connectivity index (χ0n) is 17.6. The molecule has 0 aliphatic heterocycles. The first kappa shape index (κ1) is 21.4. The first-order valence-corrected chi connectivity index (χ1v) is 9.81. The zero-order chi connectivity index (χ0) is 21.7. The van der Waals surface area contributed by atoms with Gasteiger partial charge in [-0.2, -0.15) is 0 Å². The molecule has 1 unspecified atom stereocenters. The third-order valence-corrected chi connectivity index (χ3v) is 4.77. The molecule has 1 aromatic heterocycles. The lowest BCUT2D eigenvalue weighted by atomic mass is 10.1. The molecule has 30 heavy (non-hydrogen) atoms. The second-order valence-electron chi connectivity index (χ2n) is 7.09. The van der Waals surface area contributed by atoms with Crippen LogP contribution in [0.4, 0.5) is 14.5 Å². The van der Waals surface area contributed by atoms with Crippen molar-refractivity contribution in [3.05, 3.63) is 77.5 Å². The Morgan fingerprint density at radius 3 is 2.40 bits per heavy atom. The van der Waals surface area contributed by atoms with Gasteiger partial charge in [0.1, 0.15) is 17.7 Å². The molecule has 2 aromatic carbocycles. The van der Waals surface area contributed by atoms with Crippen molar-refractivity contribution >= 4 is 12.0 Å². The van der Waals surface area contributed by atoms with E-state index < -0.39 is 17.7 Å². The third kappa shape index (κ3) is 5.20. The summed E-state index contributed by atoms with van der Waals surface area (Å²) in [5, 5.41) is 0. The molecule has 0 fully saturated rings. The smallest absolute Gasteiger partial charge is 0.222 e. The van der Waals surface area contributed by atoms with Crippen molar-refractivity contribution in [1.29, 1.82) is 0 Å². The molecule has 0 aliphatic carbocycles. The topological polar surface area (TPSA) is 37.7 Å². The predicted octanol–water partition coefficient (Wildman–Crippen LogP) is 6.09. The maximum atomic E-state index is 13.6. The number of pyridine rings is 1. The number of aliphatic imine (C=N–C) groups is 1. The Hall–Kier alpha value is -3.28. The van der Waals surface area contributed by atoms with Gasteiger partial charge >= 0.3 is 0 Å². The van der Waals surface area contributed by atoms with Gasteiger partial charge in [0.25, 0.3) is 0 Å². The molecular weight excluding hydrogens is 384 g/mol. The monoisotopic (exact) mass is 409 g/mol. The highest BCUT2D eigenvalue weighted by Crippen LogP contribution is 2.36. The molecule has 0 amide bonds. The largest absolute Gasteiger partial charge is 0.469 e. The lowest BCUT2D eigenvalue weighted by Crippen LogP contribution is -2.14. The minimum Gasteiger partial charge on any atom is -0.469 e. The van der Waals surface area contributed by atoms with Crippen molar-refractivity contribution in [3.63, 3.8) is 0 Å². The number of aryl methyl sites for hydroxylation is 1. The van der Waals surface area contributed by atoms with E-state index in [1.807, 2.05) is 62.2 Å². The fourth-order valence-corrected chi connectivity index (χ4v) is 2.91. The molecule has 0 N–H and O–H groups in total. The van der Waals surface area contributed by atoms with Gasteiger partial charge in [0.15, 0.2) is 0 Å². The summed E-state index contributed by atoms with van der Waals surface area (Å²) in [5.74, 6) is -0.895. The van der Waals surface area contributed by atoms with Crippen molar-refractivity contribution in [2.75, 3.05) is 13.6 Å². The highest BCUT2D eigenvalue weighted by Gasteiger charge is 2.17. The van der Waals surface area contributed by atoms with Crippen molar-refractivity contribution in [3.8, 4) is 17.0 Å². The molecule has 3 rings (SSSR count). The van der Waals surface area contributed by atoms with Crippen LogP contribution in [0.25, 0.3) is 11.1 Å². The number of benzene rings is 2. The zero-order valence-corrected chi connectivity index (χ0v) is 17.6. The van der Waals surface area contributed by atoms with Crippen molar-refractivity contribution < 1.29 is 13.5 Å². The number of rotatable bonds is 7. The van der Waals surface area contributed by atoms with Gasteiger partial charge in [0.05, 0.1) is 17.7 Å². The molecule has 0 spiro atoms. The van der Waals surface area contributed by atoms with E-state index in [0.29, 0.717) is 17.1 Å². The molecule has 0 aliphatic rings.